The summed E-state index contributed by atoms with van der Waals surface area (Å²) in [6, 6.07) is 9.66. The number of aliphatic hydroxyl groups is 2. The van der Waals surface area contributed by atoms with Gasteiger partial charge in [0.25, 0.3) is 0 Å². The minimum absolute atomic E-state index is 0.212. The van der Waals surface area contributed by atoms with E-state index in [1.807, 2.05) is 12.1 Å². The predicted octanol–water partition coefficient (Wildman–Crippen LogP) is 2.71. The van der Waals surface area contributed by atoms with Crippen LogP contribution in [0.15, 0.2) is 30.3 Å². The van der Waals surface area contributed by atoms with Crippen molar-refractivity contribution < 1.29 is 15.3 Å². The van der Waals surface area contributed by atoms with Crippen molar-refractivity contribution in [3.8, 4) is 5.75 Å². The van der Waals surface area contributed by atoms with Crippen LogP contribution < -0.4 is 0 Å². The lowest BCUT2D eigenvalue weighted by Gasteiger charge is -2.40. The number of phenols is 1. The molecule has 4 atom stereocenters. The molecule has 0 amide bonds. The van der Waals surface area contributed by atoms with Crippen LogP contribution in [-0.2, 0) is 6.42 Å². The van der Waals surface area contributed by atoms with Crippen LogP contribution in [-0.4, -0.2) is 27.5 Å². The lowest BCUT2D eigenvalue weighted by atomic mass is 9.65. The summed E-state index contributed by atoms with van der Waals surface area (Å²) in [5.74, 6) is 0.499. The molecule has 0 aromatic heterocycles. The molecular weight excluding hydrogens is 264 g/mol. The summed E-state index contributed by atoms with van der Waals surface area (Å²) in [7, 11) is 0. The first-order valence-corrected chi connectivity index (χ1v) is 7.61. The second-order valence-corrected chi connectivity index (χ2v) is 6.85. The van der Waals surface area contributed by atoms with E-state index in [-0.39, 0.29) is 17.1 Å². The molecule has 110 valence electrons. The van der Waals surface area contributed by atoms with Crippen molar-refractivity contribution in [2.24, 2.45) is 5.41 Å². The van der Waals surface area contributed by atoms with Gasteiger partial charge in [-0.25, -0.2) is 0 Å². The van der Waals surface area contributed by atoms with E-state index in [4.69, 9.17) is 0 Å². The third kappa shape index (κ3) is 1.68. The van der Waals surface area contributed by atoms with Crippen LogP contribution >= 0.6 is 0 Å². The maximum Gasteiger partial charge on any atom is 0.116 e. The van der Waals surface area contributed by atoms with Crippen LogP contribution in [0.1, 0.15) is 36.8 Å². The van der Waals surface area contributed by atoms with E-state index in [1.54, 1.807) is 12.1 Å². The molecule has 2 aliphatic rings. The zero-order valence-corrected chi connectivity index (χ0v) is 12.1. The summed E-state index contributed by atoms with van der Waals surface area (Å²) < 4.78 is 0. The average Bonchev–Trinajstić information content (AvgIpc) is 2.70. The molecule has 1 saturated carbocycles. The molecule has 3 nitrogen and oxygen atoms in total. The average molecular weight is 284 g/mol. The Morgan fingerprint density at radius 1 is 1.14 bits per heavy atom. The van der Waals surface area contributed by atoms with E-state index >= 15 is 0 Å². The summed E-state index contributed by atoms with van der Waals surface area (Å²) in [6.07, 6.45) is 1.18. The summed E-state index contributed by atoms with van der Waals surface area (Å²) in [5.41, 5.74) is 2.35. The predicted molar refractivity (Wildman–Crippen MR) is 81.4 cm³/mol. The summed E-state index contributed by atoms with van der Waals surface area (Å²) in [5, 5.41) is 32.3. The van der Waals surface area contributed by atoms with Crippen molar-refractivity contribution in [2.45, 2.75) is 44.3 Å². The monoisotopic (exact) mass is 284 g/mol. The van der Waals surface area contributed by atoms with Gasteiger partial charge in [-0.1, -0.05) is 25.1 Å². The first-order chi connectivity index (χ1) is 10.0. The highest BCUT2D eigenvalue weighted by molar-refractivity contribution is 5.88. The fourth-order valence-electron chi connectivity index (χ4n) is 4.49. The Balaban J connectivity index is 1.91. The van der Waals surface area contributed by atoms with Gasteiger partial charge in [0, 0.05) is 5.41 Å². The van der Waals surface area contributed by atoms with Crippen molar-refractivity contribution in [2.75, 3.05) is 0 Å². The van der Waals surface area contributed by atoms with E-state index in [0.717, 1.165) is 18.2 Å². The third-order valence-corrected chi connectivity index (χ3v) is 5.75. The Morgan fingerprint density at radius 3 is 2.76 bits per heavy atom. The number of hydrogen-bond acceptors (Lipinski definition) is 3. The molecular formula is C18H20O3. The lowest BCUT2D eigenvalue weighted by Crippen LogP contribution is -2.38. The van der Waals surface area contributed by atoms with E-state index < -0.39 is 12.2 Å². The van der Waals surface area contributed by atoms with Gasteiger partial charge >= 0.3 is 0 Å². The van der Waals surface area contributed by atoms with Gasteiger partial charge in [-0.05, 0) is 59.2 Å². The fraction of sp³-hybridized carbons (Fsp3) is 0.444. The molecule has 0 aliphatic heterocycles. The first-order valence-electron chi connectivity index (χ1n) is 7.61. The van der Waals surface area contributed by atoms with Crippen LogP contribution in [0.3, 0.4) is 0 Å². The number of fused-ring (bicyclic) bond motifs is 5. The van der Waals surface area contributed by atoms with Gasteiger partial charge < -0.3 is 15.3 Å². The van der Waals surface area contributed by atoms with E-state index in [9.17, 15) is 15.3 Å². The van der Waals surface area contributed by atoms with Gasteiger partial charge in [0.05, 0.1) is 12.2 Å². The molecule has 4 rings (SSSR count). The Morgan fingerprint density at radius 2 is 1.95 bits per heavy atom. The van der Waals surface area contributed by atoms with Gasteiger partial charge in [0.1, 0.15) is 5.75 Å². The number of aromatic hydroxyl groups is 1. The van der Waals surface area contributed by atoms with Crippen molar-refractivity contribution in [1.82, 2.24) is 0 Å². The molecule has 0 radical (unpaired) electrons. The minimum Gasteiger partial charge on any atom is -0.508 e. The summed E-state index contributed by atoms with van der Waals surface area (Å²) >= 11 is 0. The van der Waals surface area contributed by atoms with Crippen LogP contribution in [0, 0.1) is 5.41 Å². The Bertz CT molecular complexity index is 724. The second kappa shape index (κ2) is 4.21. The lowest BCUT2D eigenvalue weighted by molar-refractivity contribution is -0.0216. The molecule has 2 aliphatic carbocycles. The van der Waals surface area contributed by atoms with Crippen LogP contribution in [0.25, 0.3) is 10.8 Å². The molecule has 3 N–H and O–H groups in total. The third-order valence-electron chi connectivity index (χ3n) is 5.75. The summed E-state index contributed by atoms with van der Waals surface area (Å²) in [4.78, 5) is 0. The zero-order valence-electron chi connectivity index (χ0n) is 12.1. The van der Waals surface area contributed by atoms with E-state index in [1.165, 1.54) is 16.5 Å². The SMILES string of the molecule is C[C@]12CCc3c(ccc4cc(O)ccc34)C1C[C@@H](O)[C@@H]2O. The van der Waals surface area contributed by atoms with Gasteiger partial charge in [-0.15, -0.1) is 0 Å². The number of rotatable bonds is 0. The Labute approximate surface area is 123 Å². The van der Waals surface area contributed by atoms with Crippen LogP contribution in [0.4, 0.5) is 0 Å². The quantitative estimate of drug-likeness (QED) is 0.697. The van der Waals surface area contributed by atoms with Crippen molar-refractivity contribution in [3.05, 3.63) is 41.5 Å². The molecule has 2 aromatic rings. The number of hydrogen-bond donors (Lipinski definition) is 3. The van der Waals surface area contributed by atoms with Gasteiger partial charge in [-0.3, -0.25) is 0 Å². The molecule has 1 fully saturated rings. The van der Waals surface area contributed by atoms with Crippen molar-refractivity contribution in [1.29, 1.82) is 0 Å². The van der Waals surface area contributed by atoms with Crippen LogP contribution in [0.2, 0.25) is 0 Å². The van der Waals surface area contributed by atoms with Crippen molar-refractivity contribution in [3.63, 3.8) is 0 Å². The smallest absolute Gasteiger partial charge is 0.116 e. The second-order valence-electron chi connectivity index (χ2n) is 6.85. The highest BCUT2D eigenvalue weighted by Crippen LogP contribution is 2.56. The van der Waals surface area contributed by atoms with Gasteiger partial charge in [0.15, 0.2) is 0 Å². The van der Waals surface area contributed by atoms with Gasteiger partial charge in [0.2, 0.25) is 0 Å². The Kier molecular flexibility index (Phi) is 2.63. The zero-order chi connectivity index (χ0) is 14.8. The standard InChI is InChI=1S/C18H20O3/c1-18-7-6-13-12-5-3-11(19)8-10(12)2-4-14(13)15(18)9-16(20)17(18)21/h2-5,8,15-17,19-21H,6-7,9H2,1H3/t15?,16-,17+,18+/m1/s1. The number of phenolic OH excluding ortho intramolecular Hbond substituents is 1. The maximum absolute atomic E-state index is 10.3. The van der Waals surface area contributed by atoms with Gasteiger partial charge in [-0.2, -0.15) is 0 Å². The highest BCUT2D eigenvalue weighted by atomic mass is 16.3. The molecule has 21 heavy (non-hydrogen) atoms. The first kappa shape index (κ1) is 13.1. The number of aliphatic hydroxyl groups excluding tert-OH is 2. The minimum atomic E-state index is -0.633. The molecule has 0 bridgehead atoms. The van der Waals surface area contributed by atoms with Crippen molar-refractivity contribution >= 4 is 10.8 Å². The van der Waals surface area contributed by atoms with E-state index in [2.05, 4.69) is 13.0 Å². The fourth-order valence-corrected chi connectivity index (χ4v) is 4.49. The molecule has 1 unspecified atom stereocenters. The normalized spacial score (nSPS) is 34.7. The number of aryl methyl sites for hydroxylation is 1. The molecule has 2 aromatic carbocycles. The molecule has 0 saturated heterocycles. The largest absolute Gasteiger partial charge is 0.508 e. The Hall–Kier alpha value is -1.58. The molecule has 3 heteroatoms. The molecule has 0 spiro atoms. The highest BCUT2D eigenvalue weighted by Gasteiger charge is 2.53. The van der Waals surface area contributed by atoms with E-state index in [0.29, 0.717) is 6.42 Å². The molecule has 0 heterocycles. The maximum atomic E-state index is 10.3. The topological polar surface area (TPSA) is 60.7 Å². The van der Waals surface area contributed by atoms with Crippen LogP contribution in [0.5, 0.6) is 5.75 Å². The number of benzene rings is 2. The summed E-state index contributed by atoms with van der Waals surface area (Å²) in [6.45, 7) is 2.10.